The zero-order valence-electron chi connectivity index (χ0n) is 16.8. The van der Waals surface area contributed by atoms with Gasteiger partial charge in [-0.1, -0.05) is 25.0 Å². The predicted octanol–water partition coefficient (Wildman–Crippen LogP) is 2.68. The van der Waals surface area contributed by atoms with Crippen LogP contribution in [0.25, 0.3) is 6.08 Å². The van der Waals surface area contributed by atoms with Crippen molar-refractivity contribution in [2.75, 3.05) is 33.4 Å². The van der Waals surface area contributed by atoms with Gasteiger partial charge in [0.05, 0.1) is 12.0 Å². The van der Waals surface area contributed by atoms with Crippen molar-refractivity contribution >= 4 is 40.9 Å². The van der Waals surface area contributed by atoms with Gasteiger partial charge in [-0.3, -0.25) is 19.3 Å². The molecule has 3 rings (SSSR count). The van der Waals surface area contributed by atoms with Crippen molar-refractivity contribution in [3.05, 3.63) is 34.7 Å². The molecular formula is C21H24N2O6S. The largest absolute Gasteiger partial charge is 0.482 e. The molecular weight excluding hydrogens is 408 g/mol. The van der Waals surface area contributed by atoms with E-state index in [4.69, 9.17) is 4.74 Å². The standard InChI is InChI=1S/C21H24N2O6S/c1-28-19(25)14-29-16-8-6-15(7-9-16)12-17-20(26)23(21(27)30-17)13-18(24)22-10-4-2-3-5-11-22/h6-9,12H,2-5,10-11,13-14H2,1H3. The van der Waals surface area contributed by atoms with Crippen molar-refractivity contribution in [1.29, 1.82) is 0 Å². The zero-order valence-corrected chi connectivity index (χ0v) is 17.6. The summed E-state index contributed by atoms with van der Waals surface area (Å²) in [6.45, 7) is 0.937. The third-order valence-electron chi connectivity index (χ3n) is 4.89. The smallest absolute Gasteiger partial charge is 0.343 e. The Labute approximate surface area is 179 Å². The molecule has 30 heavy (non-hydrogen) atoms. The minimum Gasteiger partial charge on any atom is -0.482 e. The fourth-order valence-corrected chi connectivity index (χ4v) is 4.04. The van der Waals surface area contributed by atoms with Gasteiger partial charge in [0.1, 0.15) is 12.3 Å². The van der Waals surface area contributed by atoms with Crippen molar-refractivity contribution in [3.63, 3.8) is 0 Å². The third kappa shape index (κ3) is 5.63. The summed E-state index contributed by atoms with van der Waals surface area (Å²) >= 11 is 0.826. The maximum Gasteiger partial charge on any atom is 0.343 e. The summed E-state index contributed by atoms with van der Waals surface area (Å²) in [5, 5.41) is -0.438. The monoisotopic (exact) mass is 432 g/mol. The van der Waals surface area contributed by atoms with Crippen molar-refractivity contribution in [3.8, 4) is 5.75 Å². The molecule has 1 aromatic carbocycles. The van der Waals surface area contributed by atoms with Crippen LogP contribution in [0.3, 0.4) is 0 Å². The Morgan fingerprint density at radius 3 is 2.37 bits per heavy atom. The van der Waals surface area contributed by atoms with Gasteiger partial charge < -0.3 is 14.4 Å². The van der Waals surface area contributed by atoms with Gasteiger partial charge in [-0.2, -0.15) is 0 Å². The van der Waals surface area contributed by atoms with Crippen LogP contribution >= 0.6 is 11.8 Å². The lowest BCUT2D eigenvalue weighted by Gasteiger charge is -2.22. The van der Waals surface area contributed by atoms with Gasteiger partial charge in [0, 0.05) is 13.1 Å². The van der Waals surface area contributed by atoms with E-state index < -0.39 is 17.1 Å². The number of methoxy groups -OCH3 is 1. The molecule has 9 heteroatoms. The summed E-state index contributed by atoms with van der Waals surface area (Å²) in [6.07, 6.45) is 5.70. The van der Waals surface area contributed by atoms with Gasteiger partial charge >= 0.3 is 5.97 Å². The molecule has 0 aliphatic carbocycles. The third-order valence-corrected chi connectivity index (χ3v) is 5.80. The lowest BCUT2D eigenvalue weighted by Crippen LogP contribution is -2.42. The van der Waals surface area contributed by atoms with Crippen LogP contribution in [-0.4, -0.2) is 66.2 Å². The Morgan fingerprint density at radius 2 is 1.73 bits per heavy atom. The Morgan fingerprint density at radius 1 is 1.07 bits per heavy atom. The number of esters is 1. The molecule has 0 saturated carbocycles. The number of hydrogen-bond donors (Lipinski definition) is 0. The number of imide groups is 1. The Balaban J connectivity index is 1.61. The summed E-state index contributed by atoms with van der Waals surface area (Å²) in [6, 6.07) is 6.73. The fraction of sp³-hybridized carbons (Fsp3) is 0.429. The van der Waals surface area contributed by atoms with Gasteiger partial charge in [0.25, 0.3) is 11.1 Å². The van der Waals surface area contributed by atoms with Crippen LogP contribution in [0.15, 0.2) is 29.2 Å². The maximum absolute atomic E-state index is 12.7. The second-order valence-corrected chi connectivity index (χ2v) is 7.99. The zero-order chi connectivity index (χ0) is 21.5. The highest BCUT2D eigenvalue weighted by Crippen LogP contribution is 2.32. The van der Waals surface area contributed by atoms with Gasteiger partial charge in [0.2, 0.25) is 5.91 Å². The van der Waals surface area contributed by atoms with E-state index in [-0.39, 0.29) is 24.0 Å². The first-order chi connectivity index (χ1) is 14.5. The van der Waals surface area contributed by atoms with Crippen LogP contribution in [0.1, 0.15) is 31.2 Å². The van der Waals surface area contributed by atoms with E-state index in [0.29, 0.717) is 24.4 Å². The average Bonchev–Trinajstić information content (AvgIpc) is 2.95. The highest BCUT2D eigenvalue weighted by Gasteiger charge is 2.37. The number of likely N-dealkylation sites (tertiary alicyclic amines) is 1. The highest BCUT2D eigenvalue weighted by atomic mass is 32.2. The summed E-state index contributed by atoms with van der Waals surface area (Å²) in [5.74, 6) is -0.650. The minimum atomic E-state index is -0.484. The molecule has 3 amide bonds. The van der Waals surface area contributed by atoms with E-state index >= 15 is 0 Å². The molecule has 0 unspecified atom stereocenters. The second kappa shape index (κ2) is 10.3. The van der Waals surface area contributed by atoms with Crippen molar-refractivity contribution in [2.24, 2.45) is 0 Å². The SMILES string of the molecule is COC(=O)COc1ccc(C=C2SC(=O)N(CC(=O)N3CCCCCC3)C2=O)cc1. The molecule has 2 saturated heterocycles. The van der Waals surface area contributed by atoms with Crippen LogP contribution in [0.5, 0.6) is 5.75 Å². The lowest BCUT2D eigenvalue weighted by atomic mass is 10.2. The maximum atomic E-state index is 12.7. The number of thioether (sulfide) groups is 1. The van der Waals surface area contributed by atoms with Crippen LogP contribution in [-0.2, 0) is 19.1 Å². The van der Waals surface area contributed by atoms with Gasteiger partial charge in [-0.25, -0.2) is 4.79 Å². The molecule has 8 nitrogen and oxygen atoms in total. The second-order valence-electron chi connectivity index (χ2n) is 7.00. The summed E-state index contributed by atoms with van der Waals surface area (Å²) in [4.78, 5) is 51.6. The molecule has 0 aromatic heterocycles. The summed E-state index contributed by atoms with van der Waals surface area (Å²) in [5.41, 5.74) is 0.699. The lowest BCUT2D eigenvalue weighted by molar-refractivity contribution is -0.143. The highest BCUT2D eigenvalue weighted by molar-refractivity contribution is 8.18. The average molecular weight is 432 g/mol. The molecule has 0 radical (unpaired) electrons. The van der Waals surface area contributed by atoms with Gasteiger partial charge in [-0.15, -0.1) is 0 Å². The Kier molecular flexibility index (Phi) is 7.51. The fourth-order valence-electron chi connectivity index (χ4n) is 3.20. The molecule has 0 atom stereocenters. The number of carbonyl (C=O) groups excluding carboxylic acids is 4. The molecule has 160 valence electrons. The number of carbonyl (C=O) groups is 4. The summed E-state index contributed by atoms with van der Waals surface area (Å²) in [7, 11) is 1.28. The van der Waals surface area contributed by atoms with Crippen molar-refractivity contribution < 1.29 is 28.7 Å². The normalized spacial score (nSPS) is 18.5. The first-order valence-electron chi connectivity index (χ1n) is 9.81. The van der Waals surface area contributed by atoms with Gasteiger partial charge in [0.15, 0.2) is 6.61 Å². The first kappa shape index (κ1) is 21.9. The number of hydrogen-bond acceptors (Lipinski definition) is 7. The molecule has 0 spiro atoms. The molecule has 1 aromatic rings. The van der Waals surface area contributed by atoms with Crippen LogP contribution in [0, 0.1) is 0 Å². The number of amides is 3. The van der Waals surface area contributed by atoms with E-state index in [0.717, 1.165) is 42.3 Å². The van der Waals surface area contributed by atoms with Crippen LogP contribution in [0.2, 0.25) is 0 Å². The Bertz CT molecular complexity index is 844. The van der Waals surface area contributed by atoms with E-state index in [9.17, 15) is 19.2 Å². The van der Waals surface area contributed by atoms with Crippen molar-refractivity contribution in [1.82, 2.24) is 9.80 Å². The molecule has 2 aliphatic rings. The van der Waals surface area contributed by atoms with Crippen molar-refractivity contribution in [2.45, 2.75) is 25.7 Å². The number of nitrogens with zero attached hydrogens (tertiary/aromatic N) is 2. The molecule has 2 aliphatic heterocycles. The van der Waals surface area contributed by atoms with Crippen LogP contribution in [0.4, 0.5) is 4.79 Å². The Hall–Kier alpha value is -2.81. The minimum absolute atomic E-state index is 0.187. The van der Waals surface area contributed by atoms with Gasteiger partial charge in [-0.05, 0) is 48.4 Å². The quantitative estimate of drug-likeness (QED) is 0.504. The molecule has 2 fully saturated rings. The van der Waals surface area contributed by atoms with E-state index in [1.54, 1.807) is 35.2 Å². The number of rotatable bonds is 6. The number of ether oxygens (including phenoxy) is 2. The molecule has 2 heterocycles. The summed E-state index contributed by atoms with van der Waals surface area (Å²) < 4.78 is 9.79. The van der Waals surface area contributed by atoms with E-state index in [2.05, 4.69) is 4.74 Å². The predicted molar refractivity (Wildman–Crippen MR) is 112 cm³/mol. The topological polar surface area (TPSA) is 93.2 Å². The first-order valence-corrected chi connectivity index (χ1v) is 10.6. The van der Waals surface area contributed by atoms with Crippen LogP contribution < -0.4 is 4.74 Å². The van der Waals surface area contributed by atoms with E-state index in [1.165, 1.54) is 7.11 Å². The van der Waals surface area contributed by atoms with E-state index in [1.807, 2.05) is 0 Å². The molecule has 0 bridgehead atoms. The molecule has 0 N–H and O–H groups in total. The number of benzene rings is 1.